The van der Waals surface area contributed by atoms with Gasteiger partial charge >= 0.3 is 12.1 Å². The van der Waals surface area contributed by atoms with Gasteiger partial charge in [-0.1, -0.05) is 24.6 Å². The minimum Gasteiger partial charge on any atom is -0.481 e. The fourth-order valence-corrected chi connectivity index (χ4v) is 4.41. The van der Waals surface area contributed by atoms with Crippen molar-refractivity contribution in [1.29, 1.82) is 0 Å². The van der Waals surface area contributed by atoms with Gasteiger partial charge in [0.1, 0.15) is 0 Å². The zero-order chi connectivity index (χ0) is 24.4. The van der Waals surface area contributed by atoms with Crippen LogP contribution >= 0.6 is 0 Å². The van der Waals surface area contributed by atoms with Crippen molar-refractivity contribution in [2.45, 2.75) is 57.7 Å². The number of alkyl halides is 3. The average Bonchev–Trinajstić information content (AvgIpc) is 2.78. The van der Waals surface area contributed by atoms with E-state index in [-0.39, 0.29) is 18.4 Å². The molecular formula is C26H34F3NO3. The number of halogens is 3. The molecular weight excluding hydrogens is 431 g/mol. The molecule has 182 valence electrons. The Kier molecular flexibility index (Phi) is 10.5. The highest BCUT2D eigenvalue weighted by atomic mass is 19.4. The zero-order valence-corrected chi connectivity index (χ0v) is 19.2. The van der Waals surface area contributed by atoms with Crippen LogP contribution in [0.5, 0.6) is 0 Å². The first-order chi connectivity index (χ1) is 15.6. The number of terminal acetylenes is 1. The number of nitrogens with zero attached hydrogens (tertiary/aromatic N) is 1. The van der Waals surface area contributed by atoms with Gasteiger partial charge in [0.2, 0.25) is 0 Å². The van der Waals surface area contributed by atoms with Crippen LogP contribution in [0.25, 0.3) is 0 Å². The molecule has 2 aliphatic heterocycles. The zero-order valence-electron chi connectivity index (χ0n) is 19.2. The molecule has 2 fully saturated rings. The van der Waals surface area contributed by atoms with Crippen molar-refractivity contribution in [1.82, 2.24) is 4.90 Å². The molecule has 1 unspecified atom stereocenters. The third-order valence-electron chi connectivity index (χ3n) is 6.32. The number of aliphatic carboxylic acids is 1. The Balaban J connectivity index is 0.000000696. The summed E-state index contributed by atoms with van der Waals surface area (Å²) in [5, 5.41) is 9.14. The maximum absolute atomic E-state index is 12.9. The van der Waals surface area contributed by atoms with Crippen molar-refractivity contribution in [2.24, 2.45) is 11.8 Å². The second kappa shape index (κ2) is 12.8. The molecule has 1 aromatic carbocycles. The summed E-state index contributed by atoms with van der Waals surface area (Å²) < 4.78 is 44.1. The Labute approximate surface area is 194 Å². The summed E-state index contributed by atoms with van der Waals surface area (Å²) in [6.07, 6.45) is 5.24. The van der Waals surface area contributed by atoms with Gasteiger partial charge in [-0.05, 0) is 87.2 Å². The van der Waals surface area contributed by atoms with Crippen LogP contribution < -0.4 is 0 Å². The predicted octanol–water partition coefficient (Wildman–Crippen LogP) is 5.95. The fourth-order valence-electron chi connectivity index (χ4n) is 4.41. The first-order valence-electron chi connectivity index (χ1n) is 11.4. The number of ether oxygens (including phenoxy) is 1. The predicted molar refractivity (Wildman–Crippen MR) is 123 cm³/mol. The molecule has 0 radical (unpaired) electrons. The number of piperidine rings is 1. The third kappa shape index (κ3) is 9.23. The summed E-state index contributed by atoms with van der Waals surface area (Å²) in [5.74, 6) is 2.20. The van der Waals surface area contributed by atoms with Crippen molar-refractivity contribution in [3.05, 3.63) is 47.5 Å². The van der Waals surface area contributed by atoms with E-state index in [1.807, 2.05) is 0 Å². The number of hydrogen-bond acceptors (Lipinski definition) is 3. The Bertz CT molecular complexity index is 808. The molecule has 2 heterocycles. The number of likely N-dealkylation sites (tertiary alicyclic amines) is 1. The lowest BCUT2D eigenvalue weighted by atomic mass is 9.84. The van der Waals surface area contributed by atoms with Crippen molar-refractivity contribution in [2.75, 3.05) is 26.3 Å². The molecule has 1 aromatic rings. The van der Waals surface area contributed by atoms with Crippen LogP contribution in [-0.4, -0.2) is 42.3 Å². The monoisotopic (exact) mass is 465 g/mol. The molecule has 0 amide bonds. The second-order valence-corrected chi connectivity index (χ2v) is 8.93. The normalized spacial score (nSPS) is 22.0. The van der Waals surface area contributed by atoms with Crippen LogP contribution in [-0.2, 0) is 15.7 Å². The van der Waals surface area contributed by atoms with Crippen molar-refractivity contribution in [3.8, 4) is 12.3 Å². The molecule has 2 aliphatic rings. The van der Waals surface area contributed by atoms with Crippen LogP contribution in [0.1, 0.15) is 62.6 Å². The van der Waals surface area contributed by atoms with E-state index in [4.69, 9.17) is 16.3 Å². The van der Waals surface area contributed by atoms with E-state index < -0.39 is 17.7 Å². The van der Waals surface area contributed by atoms with Crippen LogP contribution in [0.15, 0.2) is 36.4 Å². The average molecular weight is 466 g/mol. The fraction of sp³-hybridized carbons (Fsp3) is 0.577. The molecule has 0 bridgehead atoms. The largest absolute Gasteiger partial charge is 0.481 e. The van der Waals surface area contributed by atoms with Crippen molar-refractivity contribution < 1.29 is 27.8 Å². The SMILES string of the molecule is C#CC(=C)C.O=C(O)CC1CCN(CCC2CCOCC2)[C@H](c2ccc(C(F)(F)F)cc2)C1. The lowest BCUT2D eigenvalue weighted by Gasteiger charge is -2.40. The standard InChI is InChI=1S/C21H28F3NO3.C5H6/c22-21(23,24)18-3-1-17(2-4-18)19-13-16(14-20(26)27)6-10-25(19)9-5-15-7-11-28-12-8-15;1-4-5(2)3/h1-4,15-16,19H,5-14H2,(H,26,27);1H,2H2,3H3/t16?,19-;/m0./s1. The van der Waals surface area contributed by atoms with Gasteiger partial charge in [0.05, 0.1) is 5.56 Å². The summed E-state index contributed by atoms with van der Waals surface area (Å²) in [7, 11) is 0. The number of hydrogen-bond donors (Lipinski definition) is 1. The summed E-state index contributed by atoms with van der Waals surface area (Å²) in [5.41, 5.74) is 0.975. The molecule has 0 aromatic heterocycles. The van der Waals surface area contributed by atoms with E-state index >= 15 is 0 Å². The summed E-state index contributed by atoms with van der Waals surface area (Å²) in [4.78, 5) is 13.5. The molecule has 2 atom stereocenters. The molecule has 4 nitrogen and oxygen atoms in total. The van der Waals surface area contributed by atoms with Crippen LogP contribution in [0.4, 0.5) is 13.2 Å². The molecule has 0 spiro atoms. The second-order valence-electron chi connectivity index (χ2n) is 8.93. The summed E-state index contributed by atoms with van der Waals surface area (Å²) >= 11 is 0. The highest BCUT2D eigenvalue weighted by molar-refractivity contribution is 5.67. The van der Waals surface area contributed by atoms with Crippen molar-refractivity contribution in [3.63, 3.8) is 0 Å². The summed E-state index contributed by atoms with van der Waals surface area (Å²) in [6, 6.07) is 5.34. The van der Waals surface area contributed by atoms with Crippen LogP contribution in [0, 0.1) is 24.2 Å². The first kappa shape index (κ1) is 26.9. The smallest absolute Gasteiger partial charge is 0.416 e. The van der Waals surface area contributed by atoms with E-state index in [9.17, 15) is 18.0 Å². The van der Waals surface area contributed by atoms with Gasteiger partial charge < -0.3 is 9.84 Å². The third-order valence-corrected chi connectivity index (χ3v) is 6.32. The number of carboxylic acid groups (broad SMARTS) is 1. The highest BCUT2D eigenvalue weighted by Crippen LogP contribution is 2.38. The molecule has 2 saturated heterocycles. The molecule has 7 heteroatoms. The Morgan fingerprint density at radius 3 is 2.33 bits per heavy atom. The number of carboxylic acids is 1. The maximum Gasteiger partial charge on any atom is 0.416 e. The molecule has 0 aliphatic carbocycles. The molecule has 33 heavy (non-hydrogen) atoms. The number of carbonyl (C=O) groups is 1. The van der Waals surface area contributed by atoms with Crippen LogP contribution in [0.2, 0.25) is 0 Å². The van der Waals surface area contributed by atoms with Gasteiger partial charge in [0.15, 0.2) is 0 Å². The van der Waals surface area contributed by atoms with E-state index in [1.165, 1.54) is 0 Å². The number of rotatable bonds is 6. The topological polar surface area (TPSA) is 49.8 Å². The maximum atomic E-state index is 12.9. The van der Waals surface area contributed by atoms with E-state index in [2.05, 4.69) is 17.4 Å². The number of allylic oxidation sites excluding steroid dienone is 1. The van der Waals surface area contributed by atoms with Gasteiger partial charge in [-0.15, -0.1) is 6.42 Å². The number of benzene rings is 1. The molecule has 1 N–H and O–H groups in total. The lowest BCUT2D eigenvalue weighted by molar-refractivity contribution is -0.139. The lowest BCUT2D eigenvalue weighted by Crippen LogP contribution is -2.39. The quantitative estimate of drug-likeness (QED) is 0.528. The van der Waals surface area contributed by atoms with Crippen LogP contribution in [0.3, 0.4) is 0 Å². The van der Waals surface area contributed by atoms with E-state index in [0.717, 1.165) is 75.3 Å². The van der Waals surface area contributed by atoms with Gasteiger partial charge in [-0.3, -0.25) is 9.69 Å². The van der Waals surface area contributed by atoms with Crippen molar-refractivity contribution >= 4 is 5.97 Å². The van der Waals surface area contributed by atoms with E-state index in [1.54, 1.807) is 19.1 Å². The van der Waals surface area contributed by atoms with Gasteiger partial charge in [-0.2, -0.15) is 13.2 Å². The minimum atomic E-state index is -4.35. The molecule has 0 saturated carbocycles. The molecule has 3 rings (SSSR count). The Hall–Kier alpha value is -2.30. The Morgan fingerprint density at radius 1 is 1.21 bits per heavy atom. The summed E-state index contributed by atoms with van der Waals surface area (Å²) in [6.45, 7) is 8.50. The van der Waals surface area contributed by atoms with E-state index in [0.29, 0.717) is 12.3 Å². The first-order valence-corrected chi connectivity index (χ1v) is 11.4. The van der Waals surface area contributed by atoms with Gasteiger partial charge in [0, 0.05) is 25.7 Å². The minimum absolute atomic E-state index is 0.0276. The van der Waals surface area contributed by atoms with Gasteiger partial charge in [-0.25, -0.2) is 0 Å². The highest BCUT2D eigenvalue weighted by Gasteiger charge is 2.33. The van der Waals surface area contributed by atoms with Gasteiger partial charge in [0.25, 0.3) is 0 Å². The Morgan fingerprint density at radius 2 is 1.82 bits per heavy atom.